The summed E-state index contributed by atoms with van der Waals surface area (Å²) in [7, 11) is 2.90. The molecule has 2 aromatic rings. The molecule has 122 valence electrons. The number of carbonyl (C=O) groups excluding carboxylic acids is 1. The number of ether oxygens (including phenoxy) is 2. The van der Waals surface area contributed by atoms with Crippen molar-refractivity contribution in [3.05, 3.63) is 29.5 Å². The average molecular weight is 316 g/mol. The lowest BCUT2D eigenvalue weighted by molar-refractivity contribution is 0.103. The van der Waals surface area contributed by atoms with Crippen molar-refractivity contribution in [3.63, 3.8) is 0 Å². The Bertz CT molecular complexity index is 761. The van der Waals surface area contributed by atoms with E-state index in [-0.39, 0.29) is 22.8 Å². The molecule has 1 saturated carbocycles. The predicted molar refractivity (Wildman–Crippen MR) is 86.5 cm³/mol. The zero-order valence-corrected chi connectivity index (χ0v) is 13.3. The van der Waals surface area contributed by atoms with Crippen molar-refractivity contribution < 1.29 is 23.8 Å². The van der Waals surface area contributed by atoms with Gasteiger partial charge in [-0.2, -0.15) is 0 Å². The van der Waals surface area contributed by atoms with Crippen LogP contribution >= 0.6 is 0 Å². The highest BCUT2D eigenvalue weighted by Gasteiger charge is 2.26. The van der Waals surface area contributed by atoms with Crippen molar-refractivity contribution in [2.75, 3.05) is 14.2 Å². The molecule has 0 saturated heterocycles. The smallest absolute Gasteiger partial charge is 0.205 e. The Kier molecular flexibility index (Phi) is 4.28. The number of methoxy groups -OCH3 is 2. The van der Waals surface area contributed by atoms with E-state index < -0.39 is 0 Å². The minimum absolute atomic E-state index is 0.122. The molecule has 3 rings (SSSR count). The largest absolute Gasteiger partial charge is 0.504 e. The van der Waals surface area contributed by atoms with Gasteiger partial charge in [-0.3, -0.25) is 4.79 Å². The molecule has 1 aromatic heterocycles. The van der Waals surface area contributed by atoms with E-state index in [1.54, 1.807) is 12.1 Å². The van der Waals surface area contributed by atoms with Crippen LogP contribution in [0.25, 0.3) is 11.0 Å². The monoisotopic (exact) mass is 316 g/mol. The third-order valence-electron chi connectivity index (χ3n) is 4.28. The number of hydrogen-bond donors (Lipinski definition) is 1. The SMILES string of the molecule is COc1c(C(=O)C=C2CCCCC2)c(O)c(OC)c2occc12. The number of rotatable bonds is 4. The van der Waals surface area contributed by atoms with Crippen LogP contribution in [0.2, 0.25) is 0 Å². The van der Waals surface area contributed by atoms with Crippen LogP contribution < -0.4 is 9.47 Å². The van der Waals surface area contributed by atoms with Crippen molar-refractivity contribution in [1.82, 2.24) is 0 Å². The molecule has 23 heavy (non-hydrogen) atoms. The Morgan fingerprint density at radius 2 is 1.87 bits per heavy atom. The molecule has 1 aromatic carbocycles. The number of carbonyl (C=O) groups is 1. The van der Waals surface area contributed by atoms with E-state index >= 15 is 0 Å². The van der Waals surface area contributed by atoms with Crippen LogP contribution in [-0.4, -0.2) is 25.1 Å². The van der Waals surface area contributed by atoms with Crippen molar-refractivity contribution in [2.24, 2.45) is 0 Å². The maximum Gasteiger partial charge on any atom is 0.205 e. The molecule has 5 nitrogen and oxygen atoms in total. The molecule has 0 amide bonds. The molecule has 0 unspecified atom stereocenters. The van der Waals surface area contributed by atoms with E-state index in [1.807, 2.05) is 0 Å². The lowest BCUT2D eigenvalue weighted by Crippen LogP contribution is -2.04. The number of fused-ring (bicyclic) bond motifs is 1. The molecule has 1 aliphatic carbocycles. The van der Waals surface area contributed by atoms with Gasteiger partial charge in [0.2, 0.25) is 5.75 Å². The molecule has 1 N–H and O–H groups in total. The number of aromatic hydroxyl groups is 1. The average Bonchev–Trinajstić information content (AvgIpc) is 3.03. The van der Waals surface area contributed by atoms with Crippen LogP contribution in [0, 0.1) is 0 Å². The van der Waals surface area contributed by atoms with Crippen molar-refractivity contribution in [1.29, 1.82) is 0 Å². The Morgan fingerprint density at radius 3 is 2.52 bits per heavy atom. The second-order valence-electron chi connectivity index (χ2n) is 5.68. The Hall–Kier alpha value is -2.43. The summed E-state index contributed by atoms with van der Waals surface area (Å²) in [6, 6.07) is 1.70. The molecular weight excluding hydrogens is 296 g/mol. The summed E-state index contributed by atoms with van der Waals surface area (Å²) in [5.74, 6) is -0.0528. The van der Waals surface area contributed by atoms with Crippen LogP contribution in [0.3, 0.4) is 0 Å². The highest BCUT2D eigenvalue weighted by Crippen LogP contribution is 2.46. The van der Waals surface area contributed by atoms with E-state index in [9.17, 15) is 9.90 Å². The highest BCUT2D eigenvalue weighted by atomic mass is 16.5. The third kappa shape index (κ3) is 2.67. The van der Waals surface area contributed by atoms with E-state index in [4.69, 9.17) is 13.9 Å². The first kappa shape index (κ1) is 15.5. The summed E-state index contributed by atoms with van der Waals surface area (Å²) in [4.78, 5) is 12.7. The molecule has 0 radical (unpaired) electrons. The molecule has 0 atom stereocenters. The Morgan fingerprint density at radius 1 is 1.17 bits per heavy atom. The Balaban J connectivity index is 2.15. The minimum Gasteiger partial charge on any atom is -0.504 e. The minimum atomic E-state index is -0.266. The van der Waals surface area contributed by atoms with Crippen LogP contribution in [-0.2, 0) is 0 Å². The van der Waals surface area contributed by atoms with Gasteiger partial charge in [0, 0.05) is 0 Å². The zero-order valence-electron chi connectivity index (χ0n) is 13.3. The fourth-order valence-corrected chi connectivity index (χ4v) is 3.16. The zero-order chi connectivity index (χ0) is 16.4. The second kappa shape index (κ2) is 6.36. The van der Waals surface area contributed by atoms with Gasteiger partial charge in [-0.1, -0.05) is 12.0 Å². The molecule has 0 aliphatic heterocycles. The summed E-state index contributed by atoms with van der Waals surface area (Å²) in [5, 5.41) is 11.1. The summed E-state index contributed by atoms with van der Waals surface area (Å²) in [6.45, 7) is 0. The normalized spacial score (nSPS) is 14.8. The maximum absolute atomic E-state index is 12.7. The van der Waals surface area contributed by atoms with Crippen LogP contribution in [0.5, 0.6) is 17.2 Å². The second-order valence-corrected chi connectivity index (χ2v) is 5.68. The number of phenols is 1. The fourth-order valence-electron chi connectivity index (χ4n) is 3.16. The number of benzene rings is 1. The first-order valence-corrected chi connectivity index (χ1v) is 7.75. The van der Waals surface area contributed by atoms with E-state index in [2.05, 4.69) is 0 Å². The number of ketones is 1. The van der Waals surface area contributed by atoms with Gasteiger partial charge in [0.1, 0.15) is 11.3 Å². The lowest BCUT2D eigenvalue weighted by atomic mass is 9.92. The first-order valence-electron chi connectivity index (χ1n) is 7.75. The van der Waals surface area contributed by atoms with E-state index in [0.29, 0.717) is 16.7 Å². The van der Waals surface area contributed by atoms with Crippen LogP contribution in [0.15, 0.2) is 28.4 Å². The quantitative estimate of drug-likeness (QED) is 0.675. The first-order chi connectivity index (χ1) is 11.2. The van der Waals surface area contributed by atoms with Gasteiger partial charge in [0.25, 0.3) is 0 Å². The number of allylic oxidation sites excluding steroid dienone is 2. The fraction of sp³-hybridized carbons (Fsp3) is 0.389. The van der Waals surface area contributed by atoms with Crippen LogP contribution in [0.4, 0.5) is 0 Å². The summed E-state index contributed by atoms with van der Waals surface area (Å²) in [5.41, 5.74) is 1.61. The van der Waals surface area contributed by atoms with Crippen molar-refractivity contribution in [3.8, 4) is 17.2 Å². The van der Waals surface area contributed by atoms with Crippen molar-refractivity contribution >= 4 is 16.8 Å². The van der Waals surface area contributed by atoms with Gasteiger partial charge in [0.15, 0.2) is 17.1 Å². The number of hydrogen-bond acceptors (Lipinski definition) is 5. The maximum atomic E-state index is 12.7. The Labute approximate surface area is 134 Å². The predicted octanol–water partition coefficient (Wildman–Crippen LogP) is 4.23. The molecule has 1 heterocycles. The van der Waals surface area contributed by atoms with Crippen LogP contribution in [0.1, 0.15) is 42.5 Å². The van der Waals surface area contributed by atoms with Gasteiger partial charge >= 0.3 is 0 Å². The molecule has 1 fully saturated rings. The lowest BCUT2D eigenvalue weighted by Gasteiger charge is -2.15. The molecule has 0 bridgehead atoms. The molecular formula is C18H20O5. The van der Waals surface area contributed by atoms with Gasteiger partial charge < -0.3 is 19.0 Å². The standard InChI is InChI=1S/C18H20O5/c1-21-16-12-8-9-23-17(12)18(22-2)15(20)14(16)13(19)10-11-6-4-3-5-7-11/h8-10,20H,3-7H2,1-2H3. The topological polar surface area (TPSA) is 68.9 Å². The molecule has 5 heteroatoms. The van der Waals surface area contributed by atoms with E-state index in [1.165, 1.54) is 26.9 Å². The molecule has 1 aliphatic rings. The summed E-state index contributed by atoms with van der Waals surface area (Å²) < 4.78 is 16.0. The number of phenolic OH excluding ortho intramolecular Hbond substituents is 1. The summed E-state index contributed by atoms with van der Waals surface area (Å²) in [6.07, 6.45) is 8.37. The van der Waals surface area contributed by atoms with Gasteiger partial charge in [-0.25, -0.2) is 0 Å². The third-order valence-corrected chi connectivity index (χ3v) is 4.28. The van der Waals surface area contributed by atoms with Gasteiger partial charge in [0.05, 0.1) is 25.9 Å². The van der Waals surface area contributed by atoms with Crippen molar-refractivity contribution in [2.45, 2.75) is 32.1 Å². The summed E-state index contributed by atoms with van der Waals surface area (Å²) >= 11 is 0. The van der Waals surface area contributed by atoms with Gasteiger partial charge in [-0.15, -0.1) is 0 Å². The molecule has 0 spiro atoms. The number of furan rings is 1. The highest BCUT2D eigenvalue weighted by molar-refractivity contribution is 6.14. The van der Waals surface area contributed by atoms with Gasteiger partial charge in [-0.05, 0) is 37.8 Å². The van der Waals surface area contributed by atoms with E-state index in [0.717, 1.165) is 31.3 Å².